The van der Waals surface area contributed by atoms with E-state index in [-0.39, 0.29) is 23.3 Å². The van der Waals surface area contributed by atoms with Crippen LogP contribution >= 0.6 is 0 Å². The molecule has 44 heavy (non-hydrogen) atoms. The van der Waals surface area contributed by atoms with E-state index in [9.17, 15) is 22.0 Å². The molecule has 3 fully saturated rings. The second-order valence-corrected chi connectivity index (χ2v) is 13.7. The van der Waals surface area contributed by atoms with Gasteiger partial charge in [-0.2, -0.15) is 0 Å². The first kappa shape index (κ1) is 33.1. The summed E-state index contributed by atoms with van der Waals surface area (Å²) in [5.41, 5.74) is 1.40. The topological polar surface area (TPSA) is 9.23 Å². The molecular formula is C36H45F7O. The molecule has 5 rings (SSSR count). The fourth-order valence-electron chi connectivity index (χ4n) is 8.53. The Morgan fingerprint density at radius 2 is 1.02 bits per heavy atom. The Hall–Kier alpha value is -2.25. The van der Waals surface area contributed by atoms with Crippen LogP contribution in [0.15, 0.2) is 24.3 Å². The normalized spacial score (nSPS) is 28.2. The standard InChI is InChI=1S/C36H45F7O/c1-2-3-4-5-22-6-8-25(9-7-22)28-18-30(37)34(31(38)19-28)27-16-14-24(15-17-27)23-10-12-26(13-11-23)29-20-32(39)35(33(40)21-29)44-36(41,42)43/h18-27H,2-17H2,1H3. The van der Waals surface area contributed by atoms with Gasteiger partial charge in [0.05, 0.1) is 0 Å². The van der Waals surface area contributed by atoms with Crippen LogP contribution in [-0.4, -0.2) is 6.36 Å². The molecule has 0 saturated heterocycles. The minimum absolute atomic E-state index is 0.130. The van der Waals surface area contributed by atoms with Gasteiger partial charge in [-0.05, 0) is 148 Å². The SMILES string of the molecule is CCCCCC1CCC(c2cc(F)c(C3CCC(C4CCC(c5cc(F)c(OC(F)(F)F)c(F)c5)CC4)CC3)c(F)c2)CC1. The number of ether oxygens (including phenoxy) is 1. The highest BCUT2D eigenvalue weighted by atomic mass is 19.4. The minimum Gasteiger partial charge on any atom is -0.399 e. The molecule has 2 aromatic carbocycles. The summed E-state index contributed by atoms with van der Waals surface area (Å²) in [7, 11) is 0. The molecule has 0 bridgehead atoms. The van der Waals surface area contributed by atoms with E-state index in [0.717, 1.165) is 87.8 Å². The lowest BCUT2D eigenvalue weighted by molar-refractivity contribution is -0.276. The van der Waals surface area contributed by atoms with Crippen molar-refractivity contribution in [1.29, 1.82) is 0 Å². The Labute approximate surface area is 257 Å². The Morgan fingerprint density at radius 3 is 1.48 bits per heavy atom. The first-order valence-corrected chi connectivity index (χ1v) is 16.8. The van der Waals surface area contributed by atoms with Gasteiger partial charge in [-0.25, -0.2) is 17.6 Å². The molecule has 0 atom stereocenters. The maximum atomic E-state index is 15.4. The lowest BCUT2D eigenvalue weighted by Gasteiger charge is -2.38. The van der Waals surface area contributed by atoms with Crippen LogP contribution in [0.4, 0.5) is 30.7 Å². The van der Waals surface area contributed by atoms with Gasteiger partial charge < -0.3 is 4.74 Å². The fraction of sp³-hybridized carbons (Fsp3) is 0.667. The number of unbranched alkanes of at least 4 members (excludes halogenated alkanes) is 2. The molecule has 0 heterocycles. The quantitative estimate of drug-likeness (QED) is 0.199. The molecule has 0 amide bonds. The first-order chi connectivity index (χ1) is 21.0. The summed E-state index contributed by atoms with van der Waals surface area (Å²) in [6, 6.07) is 5.10. The molecule has 1 nitrogen and oxygen atoms in total. The van der Waals surface area contributed by atoms with Crippen LogP contribution < -0.4 is 4.74 Å². The molecule has 8 heteroatoms. The predicted octanol–water partition coefficient (Wildman–Crippen LogP) is 12.2. The Morgan fingerprint density at radius 1 is 0.591 bits per heavy atom. The number of hydrogen-bond acceptors (Lipinski definition) is 1. The number of hydrogen-bond donors (Lipinski definition) is 0. The maximum Gasteiger partial charge on any atom is 0.573 e. The highest BCUT2D eigenvalue weighted by Gasteiger charge is 2.36. The van der Waals surface area contributed by atoms with Crippen molar-refractivity contribution in [1.82, 2.24) is 0 Å². The van der Waals surface area contributed by atoms with Gasteiger partial charge in [0.1, 0.15) is 11.6 Å². The van der Waals surface area contributed by atoms with Gasteiger partial charge in [-0.15, -0.1) is 13.2 Å². The van der Waals surface area contributed by atoms with E-state index in [0.29, 0.717) is 30.2 Å². The third kappa shape index (κ3) is 8.12. The summed E-state index contributed by atoms with van der Waals surface area (Å²) < 4.78 is 100. The molecule has 0 radical (unpaired) electrons. The molecule has 2 aromatic rings. The zero-order valence-electron chi connectivity index (χ0n) is 25.6. The van der Waals surface area contributed by atoms with Crippen molar-refractivity contribution in [3.63, 3.8) is 0 Å². The summed E-state index contributed by atoms with van der Waals surface area (Å²) in [6.07, 6.45) is 10.5. The van der Waals surface area contributed by atoms with E-state index in [1.165, 1.54) is 25.7 Å². The summed E-state index contributed by atoms with van der Waals surface area (Å²) in [5.74, 6) is -3.36. The highest BCUT2D eigenvalue weighted by Crippen LogP contribution is 2.47. The van der Waals surface area contributed by atoms with Crippen LogP contribution in [0.3, 0.4) is 0 Å². The van der Waals surface area contributed by atoms with E-state index >= 15 is 8.78 Å². The van der Waals surface area contributed by atoms with E-state index in [4.69, 9.17) is 0 Å². The fourth-order valence-corrected chi connectivity index (χ4v) is 8.53. The van der Waals surface area contributed by atoms with Crippen molar-refractivity contribution >= 4 is 0 Å². The van der Waals surface area contributed by atoms with Crippen LogP contribution in [0, 0.1) is 41.0 Å². The molecule has 0 N–H and O–H groups in total. The van der Waals surface area contributed by atoms with Crippen molar-refractivity contribution < 1.29 is 35.5 Å². The zero-order chi connectivity index (χ0) is 31.4. The summed E-state index contributed by atoms with van der Waals surface area (Å²) in [6.45, 7) is 2.22. The van der Waals surface area contributed by atoms with Crippen molar-refractivity contribution in [2.45, 2.75) is 134 Å². The van der Waals surface area contributed by atoms with Crippen LogP contribution in [-0.2, 0) is 0 Å². The zero-order valence-corrected chi connectivity index (χ0v) is 25.6. The molecule has 244 valence electrons. The van der Waals surface area contributed by atoms with Gasteiger partial charge in [0.25, 0.3) is 0 Å². The van der Waals surface area contributed by atoms with Gasteiger partial charge >= 0.3 is 6.36 Å². The van der Waals surface area contributed by atoms with E-state index in [1.807, 2.05) is 0 Å². The van der Waals surface area contributed by atoms with Gasteiger partial charge in [0.15, 0.2) is 11.6 Å². The smallest absolute Gasteiger partial charge is 0.399 e. The number of halogens is 7. The molecule has 0 aliphatic heterocycles. The van der Waals surface area contributed by atoms with E-state index in [2.05, 4.69) is 11.7 Å². The second-order valence-electron chi connectivity index (χ2n) is 13.7. The van der Waals surface area contributed by atoms with Crippen molar-refractivity contribution in [3.8, 4) is 5.75 Å². The third-order valence-corrected chi connectivity index (χ3v) is 11.0. The van der Waals surface area contributed by atoms with Crippen molar-refractivity contribution in [3.05, 3.63) is 64.2 Å². The Balaban J connectivity index is 1.11. The van der Waals surface area contributed by atoms with E-state index < -0.39 is 35.4 Å². The highest BCUT2D eigenvalue weighted by molar-refractivity contribution is 5.34. The number of rotatable bonds is 9. The number of alkyl halides is 3. The summed E-state index contributed by atoms with van der Waals surface area (Å²) in [5, 5.41) is 0. The largest absolute Gasteiger partial charge is 0.573 e. The third-order valence-electron chi connectivity index (χ3n) is 11.0. The average Bonchev–Trinajstić information content (AvgIpc) is 2.99. The average molecular weight is 627 g/mol. The van der Waals surface area contributed by atoms with Gasteiger partial charge in [-0.3, -0.25) is 0 Å². The van der Waals surface area contributed by atoms with Crippen LogP contribution in [0.25, 0.3) is 0 Å². The minimum atomic E-state index is -5.17. The molecule has 3 aliphatic carbocycles. The van der Waals surface area contributed by atoms with Gasteiger partial charge in [0, 0.05) is 5.56 Å². The van der Waals surface area contributed by atoms with Crippen molar-refractivity contribution in [2.75, 3.05) is 0 Å². The molecule has 0 aromatic heterocycles. The van der Waals surface area contributed by atoms with Gasteiger partial charge in [0.2, 0.25) is 5.75 Å². The molecule has 0 spiro atoms. The van der Waals surface area contributed by atoms with Crippen LogP contribution in [0.2, 0.25) is 0 Å². The van der Waals surface area contributed by atoms with Crippen LogP contribution in [0.5, 0.6) is 5.75 Å². The number of benzene rings is 2. The van der Waals surface area contributed by atoms with Gasteiger partial charge in [-0.1, -0.05) is 32.6 Å². The van der Waals surface area contributed by atoms with Crippen LogP contribution in [0.1, 0.15) is 144 Å². The van der Waals surface area contributed by atoms with E-state index in [1.54, 1.807) is 12.1 Å². The second kappa shape index (κ2) is 14.5. The Kier molecular flexibility index (Phi) is 10.9. The molecule has 3 saturated carbocycles. The molecular weight excluding hydrogens is 581 g/mol. The summed E-state index contributed by atoms with van der Waals surface area (Å²) >= 11 is 0. The maximum absolute atomic E-state index is 15.4. The first-order valence-electron chi connectivity index (χ1n) is 16.8. The molecule has 0 unspecified atom stereocenters. The lowest BCUT2D eigenvalue weighted by Crippen LogP contribution is -2.25. The lowest BCUT2D eigenvalue weighted by atomic mass is 9.67. The molecule has 3 aliphatic rings. The van der Waals surface area contributed by atoms with Crippen molar-refractivity contribution in [2.24, 2.45) is 17.8 Å². The monoisotopic (exact) mass is 626 g/mol. The summed E-state index contributed by atoms with van der Waals surface area (Å²) in [4.78, 5) is 0. The predicted molar refractivity (Wildman–Crippen MR) is 158 cm³/mol. The Bertz CT molecular complexity index is 1190.